The fourth-order valence-electron chi connectivity index (χ4n) is 4.58. The van der Waals surface area contributed by atoms with Crippen LogP contribution in [0.4, 0.5) is 11.4 Å². The summed E-state index contributed by atoms with van der Waals surface area (Å²) in [7, 11) is 1.70. The topological polar surface area (TPSA) is 44.8 Å². The molecule has 0 atom stereocenters. The van der Waals surface area contributed by atoms with Crippen molar-refractivity contribution >= 4 is 17.3 Å². The van der Waals surface area contributed by atoms with Crippen LogP contribution in [0.3, 0.4) is 0 Å². The van der Waals surface area contributed by atoms with Crippen LogP contribution in [0.2, 0.25) is 0 Å². The van der Waals surface area contributed by atoms with Gasteiger partial charge in [0.1, 0.15) is 5.75 Å². The number of anilines is 2. The minimum absolute atomic E-state index is 0.0810. The fraction of sp³-hybridized carbons (Fsp3) is 0.480. The van der Waals surface area contributed by atoms with Crippen molar-refractivity contribution in [1.82, 2.24) is 4.90 Å². The number of rotatable bonds is 7. The van der Waals surface area contributed by atoms with E-state index < -0.39 is 0 Å². The van der Waals surface area contributed by atoms with Gasteiger partial charge in [-0.3, -0.25) is 9.69 Å². The minimum atomic E-state index is 0.0810. The zero-order valence-corrected chi connectivity index (χ0v) is 18.0. The van der Waals surface area contributed by atoms with Crippen LogP contribution in [0.15, 0.2) is 48.5 Å². The molecule has 5 heteroatoms. The molecule has 2 fully saturated rings. The Morgan fingerprint density at radius 2 is 1.63 bits per heavy atom. The van der Waals surface area contributed by atoms with E-state index in [2.05, 4.69) is 39.4 Å². The highest BCUT2D eigenvalue weighted by Gasteiger charge is 2.21. The molecule has 30 heavy (non-hydrogen) atoms. The van der Waals surface area contributed by atoms with Crippen molar-refractivity contribution in [2.45, 2.75) is 32.1 Å². The summed E-state index contributed by atoms with van der Waals surface area (Å²) in [6, 6.07) is 16.7. The zero-order valence-electron chi connectivity index (χ0n) is 18.0. The van der Waals surface area contributed by atoms with E-state index in [9.17, 15) is 4.79 Å². The van der Waals surface area contributed by atoms with Crippen LogP contribution in [0.5, 0.6) is 5.75 Å². The molecule has 2 saturated heterocycles. The Hall–Kier alpha value is -2.53. The third-order valence-electron chi connectivity index (χ3n) is 6.38. The number of hydrogen-bond acceptors (Lipinski definition) is 4. The Morgan fingerprint density at radius 3 is 2.27 bits per heavy atom. The highest BCUT2D eigenvalue weighted by molar-refractivity contribution is 5.92. The molecule has 2 aromatic rings. The molecule has 2 aromatic carbocycles. The van der Waals surface area contributed by atoms with Crippen LogP contribution in [-0.2, 0) is 11.2 Å². The SMILES string of the molecule is COc1ccc(CC2CCN(CC(=O)Nc3ccc(N4CCCC4)cc3)CC2)cc1. The molecule has 0 bridgehead atoms. The number of nitrogens with zero attached hydrogens (tertiary/aromatic N) is 2. The fourth-order valence-corrected chi connectivity index (χ4v) is 4.58. The lowest BCUT2D eigenvalue weighted by molar-refractivity contribution is -0.117. The third kappa shape index (κ3) is 5.54. The maximum absolute atomic E-state index is 12.5. The first-order valence-corrected chi connectivity index (χ1v) is 11.2. The van der Waals surface area contributed by atoms with Crippen LogP contribution in [0, 0.1) is 5.92 Å². The van der Waals surface area contributed by atoms with Gasteiger partial charge in [0, 0.05) is 24.5 Å². The second-order valence-corrected chi connectivity index (χ2v) is 8.56. The van der Waals surface area contributed by atoms with Gasteiger partial charge in [-0.2, -0.15) is 0 Å². The van der Waals surface area contributed by atoms with Crippen LogP contribution >= 0.6 is 0 Å². The Balaban J connectivity index is 1.19. The van der Waals surface area contributed by atoms with E-state index in [0.717, 1.165) is 56.9 Å². The predicted molar refractivity (Wildman–Crippen MR) is 122 cm³/mol. The van der Waals surface area contributed by atoms with Gasteiger partial charge in [0.15, 0.2) is 0 Å². The molecule has 160 valence electrons. The van der Waals surface area contributed by atoms with Crippen LogP contribution < -0.4 is 15.0 Å². The monoisotopic (exact) mass is 407 g/mol. The molecular formula is C25H33N3O2. The van der Waals surface area contributed by atoms with Gasteiger partial charge in [0.05, 0.1) is 13.7 Å². The zero-order chi connectivity index (χ0) is 20.8. The van der Waals surface area contributed by atoms with Gasteiger partial charge in [-0.25, -0.2) is 0 Å². The summed E-state index contributed by atoms with van der Waals surface area (Å²) >= 11 is 0. The molecule has 0 saturated carbocycles. The maximum atomic E-state index is 12.5. The van der Waals surface area contributed by atoms with Gasteiger partial charge in [-0.1, -0.05) is 12.1 Å². The normalized spacial score (nSPS) is 17.8. The molecule has 4 rings (SSSR count). The third-order valence-corrected chi connectivity index (χ3v) is 6.38. The highest BCUT2D eigenvalue weighted by Crippen LogP contribution is 2.24. The molecule has 0 spiro atoms. The lowest BCUT2D eigenvalue weighted by Gasteiger charge is -2.31. The van der Waals surface area contributed by atoms with E-state index in [1.165, 1.54) is 24.1 Å². The molecule has 2 aliphatic heterocycles. The number of piperidine rings is 1. The standard InChI is InChI=1S/C25H33N3O2/c1-30-24-10-4-20(5-11-24)18-21-12-16-27(17-13-21)19-25(29)26-22-6-8-23(9-7-22)28-14-2-3-15-28/h4-11,21H,2-3,12-19H2,1H3,(H,26,29). The number of likely N-dealkylation sites (tertiary alicyclic amines) is 1. The van der Waals surface area contributed by atoms with Crippen molar-refractivity contribution in [3.63, 3.8) is 0 Å². The van der Waals surface area contributed by atoms with Crippen molar-refractivity contribution in [2.24, 2.45) is 5.92 Å². The number of hydrogen-bond donors (Lipinski definition) is 1. The number of nitrogens with one attached hydrogen (secondary N) is 1. The van der Waals surface area contributed by atoms with Crippen LogP contribution in [0.1, 0.15) is 31.2 Å². The van der Waals surface area contributed by atoms with E-state index in [4.69, 9.17) is 4.74 Å². The second kappa shape index (κ2) is 9.98. The molecule has 0 unspecified atom stereocenters. The number of carbonyl (C=O) groups excluding carboxylic acids is 1. The van der Waals surface area contributed by atoms with Gasteiger partial charge in [-0.05, 0) is 93.1 Å². The van der Waals surface area contributed by atoms with Crippen molar-refractivity contribution in [3.05, 3.63) is 54.1 Å². The molecule has 0 radical (unpaired) electrons. The lowest BCUT2D eigenvalue weighted by atomic mass is 9.90. The first kappa shape index (κ1) is 20.7. The van der Waals surface area contributed by atoms with Gasteiger partial charge in [0.25, 0.3) is 0 Å². The van der Waals surface area contributed by atoms with E-state index in [1.54, 1.807) is 7.11 Å². The van der Waals surface area contributed by atoms with Crippen molar-refractivity contribution < 1.29 is 9.53 Å². The Bertz CT molecular complexity index is 805. The summed E-state index contributed by atoms with van der Waals surface area (Å²) in [6.45, 7) is 4.73. The van der Waals surface area contributed by atoms with E-state index in [0.29, 0.717) is 12.5 Å². The van der Waals surface area contributed by atoms with E-state index >= 15 is 0 Å². The number of amides is 1. The van der Waals surface area contributed by atoms with Crippen LogP contribution in [0.25, 0.3) is 0 Å². The molecule has 0 aromatic heterocycles. The van der Waals surface area contributed by atoms with Crippen molar-refractivity contribution in [2.75, 3.05) is 50.1 Å². The number of methoxy groups -OCH3 is 1. The summed E-state index contributed by atoms with van der Waals surface area (Å²) in [6.07, 6.45) is 5.94. The van der Waals surface area contributed by atoms with Crippen molar-refractivity contribution in [3.8, 4) is 5.75 Å². The first-order valence-electron chi connectivity index (χ1n) is 11.2. The van der Waals surface area contributed by atoms with Gasteiger partial charge >= 0.3 is 0 Å². The molecule has 1 N–H and O–H groups in total. The maximum Gasteiger partial charge on any atom is 0.238 e. The lowest BCUT2D eigenvalue weighted by Crippen LogP contribution is -2.39. The average molecular weight is 408 g/mol. The predicted octanol–water partition coefficient (Wildman–Crippen LogP) is 4.19. The minimum Gasteiger partial charge on any atom is -0.497 e. The Kier molecular flexibility index (Phi) is 6.90. The Labute approximate surface area is 180 Å². The van der Waals surface area contributed by atoms with Gasteiger partial charge in [0.2, 0.25) is 5.91 Å². The molecule has 1 amide bonds. The van der Waals surface area contributed by atoms with Crippen molar-refractivity contribution in [1.29, 1.82) is 0 Å². The summed E-state index contributed by atoms with van der Waals surface area (Å²) in [4.78, 5) is 17.2. The van der Waals surface area contributed by atoms with E-state index in [-0.39, 0.29) is 5.91 Å². The summed E-state index contributed by atoms with van der Waals surface area (Å²) in [5, 5.41) is 3.06. The summed E-state index contributed by atoms with van der Waals surface area (Å²) in [5.74, 6) is 1.68. The summed E-state index contributed by atoms with van der Waals surface area (Å²) in [5.41, 5.74) is 3.51. The number of ether oxygens (including phenoxy) is 1. The smallest absolute Gasteiger partial charge is 0.238 e. The van der Waals surface area contributed by atoms with Crippen LogP contribution in [-0.4, -0.2) is 50.6 Å². The summed E-state index contributed by atoms with van der Waals surface area (Å²) < 4.78 is 5.24. The molecule has 5 nitrogen and oxygen atoms in total. The molecule has 2 aliphatic rings. The number of benzene rings is 2. The van der Waals surface area contributed by atoms with E-state index in [1.807, 2.05) is 24.3 Å². The second-order valence-electron chi connectivity index (χ2n) is 8.56. The molecule has 0 aliphatic carbocycles. The van der Waals surface area contributed by atoms with Gasteiger partial charge in [-0.15, -0.1) is 0 Å². The van der Waals surface area contributed by atoms with Gasteiger partial charge < -0.3 is 15.0 Å². The quantitative estimate of drug-likeness (QED) is 0.748. The molecule has 2 heterocycles. The Morgan fingerprint density at radius 1 is 0.967 bits per heavy atom. The highest BCUT2D eigenvalue weighted by atomic mass is 16.5. The molecular weight excluding hydrogens is 374 g/mol. The first-order chi connectivity index (χ1) is 14.7. The largest absolute Gasteiger partial charge is 0.497 e. The number of carbonyl (C=O) groups is 1. The average Bonchev–Trinajstić information content (AvgIpc) is 3.31.